The number of hydrogen-bond acceptors (Lipinski definition) is 9. The first-order chi connectivity index (χ1) is 17.8. The van der Waals surface area contributed by atoms with Crippen LogP contribution in [0.15, 0.2) is 42.9 Å². The number of amides is 1. The molecule has 0 spiro atoms. The third-order valence-electron chi connectivity index (χ3n) is 6.67. The van der Waals surface area contributed by atoms with Crippen LogP contribution in [0.25, 0.3) is 5.82 Å². The van der Waals surface area contributed by atoms with E-state index in [4.69, 9.17) is 0 Å². The maximum atomic E-state index is 15.5. The lowest BCUT2D eigenvalue weighted by atomic mass is 9.93. The zero-order chi connectivity index (χ0) is 26.2. The molecule has 192 valence electrons. The highest BCUT2D eigenvalue weighted by Crippen LogP contribution is 2.34. The van der Waals surface area contributed by atoms with Crippen molar-refractivity contribution in [1.29, 1.82) is 5.26 Å². The van der Waals surface area contributed by atoms with Gasteiger partial charge in [0, 0.05) is 24.6 Å². The number of nitrogens with one attached hydrogen (secondary N) is 4. The van der Waals surface area contributed by atoms with Gasteiger partial charge in [-0.2, -0.15) is 10.4 Å². The van der Waals surface area contributed by atoms with Crippen LogP contribution in [0.2, 0.25) is 0 Å². The van der Waals surface area contributed by atoms with Crippen LogP contribution in [0.5, 0.6) is 0 Å². The number of aryl methyl sites for hydroxylation is 1. The minimum Gasteiger partial charge on any atom is -0.353 e. The summed E-state index contributed by atoms with van der Waals surface area (Å²) in [5.74, 6) is 0.898. The summed E-state index contributed by atoms with van der Waals surface area (Å²) in [4.78, 5) is 23.4. The second kappa shape index (κ2) is 9.76. The van der Waals surface area contributed by atoms with Gasteiger partial charge >= 0.3 is 0 Å². The second-order valence-corrected chi connectivity index (χ2v) is 9.67. The Bertz CT molecular complexity index is 1310. The van der Waals surface area contributed by atoms with Crippen LogP contribution in [-0.2, 0) is 4.79 Å². The van der Waals surface area contributed by atoms with Crippen molar-refractivity contribution in [2.24, 2.45) is 0 Å². The standard InChI is InChI=1S/C25H29FN10O/c1-15-9-20(31-21-10-16(2)33-34-21)32-23(19(15)11-27)35-13-25(26,14-35)24(37)30-17(3)18-5-6-22(28-12-18)36-8-4-7-29-36/h4-9,12,16-17,21,33-34H,10,13-14H2,1-3H3,(H,30,37)(H,31,32)/t16?,17-,21?/m0/s1. The highest BCUT2D eigenvalue weighted by atomic mass is 19.1. The Morgan fingerprint density at radius 1 is 1.35 bits per heavy atom. The van der Waals surface area contributed by atoms with Crippen LogP contribution >= 0.6 is 0 Å². The quantitative estimate of drug-likeness (QED) is 0.380. The molecule has 3 aromatic heterocycles. The second-order valence-electron chi connectivity index (χ2n) is 9.67. The van der Waals surface area contributed by atoms with Crippen molar-refractivity contribution in [2.75, 3.05) is 23.3 Å². The number of nitriles is 1. The SMILES string of the molecule is Cc1cc(NC2CC(C)NN2)nc(N2CC(F)(C(=O)N[C@@H](C)c3ccc(-n4cccn4)nc3)C2)c1C#N. The molecular formula is C25H29FN10O. The molecule has 3 atom stereocenters. The van der Waals surface area contributed by atoms with Crippen LogP contribution in [0.3, 0.4) is 0 Å². The van der Waals surface area contributed by atoms with Gasteiger partial charge in [0.15, 0.2) is 5.82 Å². The summed E-state index contributed by atoms with van der Waals surface area (Å²) in [6.45, 7) is 5.29. The summed E-state index contributed by atoms with van der Waals surface area (Å²) in [6.07, 6.45) is 5.92. The monoisotopic (exact) mass is 504 g/mol. The molecule has 0 bridgehead atoms. The van der Waals surface area contributed by atoms with Gasteiger partial charge in [-0.05, 0) is 56.5 Å². The zero-order valence-corrected chi connectivity index (χ0v) is 20.9. The largest absolute Gasteiger partial charge is 0.353 e. The number of hydrogen-bond donors (Lipinski definition) is 4. The Labute approximate surface area is 214 Å². The molecule has 2 fully saturated rings. The number of alkyl halides is 1. The molecular weight excluding hydrogens is 475 g/mol. The molecule has 37 heavy (non-hydrogen) atoms. The topological polar surface area (TPSA) is 136 Å². The number of halogens is 1. The van der Waals surface area contributed by atoms with Crippen molar-refractivity contribution in [1.82, 2.24) is 35.9 Å². The molecule has 2 saturated heterocycles. The number of carbonyl (C=O) groups excluding carboxylic acids is 1. The van der Waals surface area contributed by atoms with E-state index in [2.05, 4.69) is 49.5 Å². The minimum absolute atomic E-state index is 0.0188. The zero-order valence-electron chi connectivity index (χ0n) is 20.9. The van der Waals surface area contributed by atoms with Crippen LogP contribution < -0.4 is 26.4 Å². The highest BCUT2D eigenvalue weighted by molar-refractivity contribution is 5.89. The van der Waals surface area contributed by atoms with E-state index in [9.17, 15) is 10.1 Å². The minimum atomic E-state index is -2.09. The molecule has 3 aromatic rings. The average Bonchev–Trinajstić information content (AvgIpc) is 3.54. The third kappa shape index (κ3) is 4.96. The fourth-order valence-corrected chi connectivity index (χ4v) is 4.54. The van der Waals surface area contributed by atoms with E-state index in [1.807, 2.05) is 13.0 Å². The number of nitrogens with zero attached hydrogens (tertiary/aromatic N) is 6. The Hall–Kier alpha value is -4.08. The van der Waals surface area contributed by atoms with Gasteiger partial charge < -0.3 is 15.5 Å². The smallest absolute Gasteiger partial charge is 0.261 e. The van der Waals surface area contributed by atoms with Crippen molar-refractivity contribution in [2.45, 2.75) is 51.1 Å². The molecule has 0 saturated carbocycles. The molecule has 0 aliphatic carbocycles. The lowest BCUT2D eigenvalue weighted by molar-refractivity contribution is -0.135. The summed E-state index contributed by atoms with van der Waals surface area (Å²) in [5, 5.41) is 19.9. The van der Waals surface area contributed by atoms with Crippen LogP contribution in [0.4, 0.5) is 16.0 Å². The van der Waals surface area contributed by atoms with E-state index in [0.29, 0.717) is 29.1 Å². The molecule has 5 rings (SSSR count). The fraction of sp³-hybridized carbons (Fsp3) is 0.400. The molecule has 11 nitrogen and oxygen atoms in total. The van der Waals surface area contributed by atoms with E-state index in [1.54, 1.807) is 53.3 Å². The first-order valence-electron chi connectivity index (χ1n) is 12.2. The van der Waals surface area contributed by atoms with E-state index in [-0.39, 0.29) is 19.3 Å². The van der Waals surface area contributed by atoms with Crippen molar-refractivity contribution >= 4 is 17.5 Å². The summed E-state index contributed by atoms with van der Waals surface area (Å²) >= 11 is 0. The summed E-state index contributed by atoms with van der Waals surface area (Å²) in [7, 11) is 0. The van der Waals surface area contributed by atoms with E-state index >= 15 is 4.39 Å². The first kappa shape index (κ1) is 24.6. The van der Waals surface area contributed by atoms with Crippen molar-refractivity contribution in [3.8, 4) is 11.9 Å². The molecule has 5 heterocycles. The van der Waals surface area contributed by atoms with Crippen molar-refractivity contribution < 1.29 is 9.18 Å². The van der Waals surface area contributed by atoms with Crippen LogP contribution in [0.1, 0.15) is 43.0 Å². The maximum absolute atomic E-state index is 15.5. The normalized spacial score (nSPS) is 21.1. The number of hydrazine groups is 1. The molecule has 2 aliphatic heterocycles. The van der Waals surface area contributed by atoms with Gasteiger partial charge in [0.1, 0.15) is 17.7 Å². The molecule has 12 heteroatoms. The van der Waals surface area contributed by atoms with Crippen molar-refractivity contribution in [3.63, 3.8) is 0 Å². The lowest BCUT2D eigenvalue weighted by Gasteiger charge is -2.44. The van der Waals surface area contributed by atoms with Gasteiger partial charge in [-0.15, -0.1) is 0 Å². The Balaban J connectivity index is 1.24. The lowest BCUT2D eigenvalue weighted by Crippen LogP contribution is -2.66. The van der Waals surface area contributed by atoms with Gasteiger partial charge in [0.25, 0.3) is 5.91 Å². The van der Waals surface area contributed by atoms with E-state index in [1.165, 1.54) is 0 Å². The number of aromatic nitrogens is 4. The molecule has 0 aromatic carbocycles. The van der Waals surface area contributed by atoms with E-state index in [0.717, 1.165) is 17.5 Å². The Morgan fingerprint density at radius 3 is 2.78 bits per heavy atom. The highest BCUT2D eigenvalue weighted by Gasteiger charge is 2.51. The summed E-state index contributed by atoms with van der Waals surface area (Å²) in [6, 6.07) is 9.26. The third-order valence-corrected chi connectivity index (χ3v) is 6.67. The predicted molar refractivity (Wildman–Crippen MR) is 135 cm³/mol. The van der Waals surface area contributed by atoms with Gasteiger partial charge in [0.2, 0.25) is 5.67 Å². The molecule has 2 aliphatic rings. The van der Waals surface area contributed by atoms with Crippen LogP contribution in [0, 0.1) is 18.3 Å². The maximum Gasteiger partial charge on any atom is 0.261 e. The predicted octanol–water partition coefficient (Wildman–Crippen LogP) is 1.87. The molecule has 2 unspecified atom stereocenters. The van der Waals surface area contributed by atoms with Gasteiger partial charge in [-0.25, -0.2) is 24.5 Å². The molecule has 0 radical (unpaired) electrons. The molecule has 1 amide bonds. The molecule has 4 N–H and O–H groups in total. The van der Waals surface area contributed by atoms with Gasteiger partial charge in [0.05, 0.1) is 30.9 Å². The Morgan fingerprint density at radius 2 is 2.16 bits per heavy atom. The summed E-state index contributed by atoms with van der Waals surface area (Å²) < 4.78 is 17.2. The number of pyridine rings is 2. The number of anilines is 2. The van der Waals surface area contributed by atoms with Crippen LogP contribution in [-0.4, -0.2) is 56.6 Å². The van der Waals surface area contributed by atoms with Gasteiger partial charge in [-0.1, -0.05) is 6.07 Å². The fourth-order valence-electron chi connectivity index (χ4n) is 4.54. The Kier molecular flexibility index (Phi) is 6.49. The van der Waals surface area contributed by atoms with E-state index < -0.39 is 17.6 Å². The average molecular weight is 505 g/mol. The first-order valence-corrected chi connectivity index (χ1v) is 12.2. The van der Waals surface area contributed by atoms with Gasteiger partial charge in [-0.3, -0.25) is 10.2 Å². The number of carbonyl (C=O) groups is 1. The summed E-state index contributed by atoms with van der Waals surface area (Å²) in [5.41, 5.74) is 6.05. The number of rotatable bonds is 7. The van der Waals surface area contributed by atoms with Crippen molar-refractivity contribution in [3.05, 3.63) is 59.5 Å².